The van der Waals surface area contributed by atoms with Gasteiger partial charge in [-0.2, -0.15) is 0 Å². The molecule has 1 N–H and O–H groups in total. The third kappa shape index (κ3) is 4.31. The van der Waals surface area contributed by atoms with Gasteiger partial charge in [0.2, 0.25) is 0 Å². The standard InChI is InChI=1S/C21H26O6S/c22-17(23)11-7-2-1-6-10-15-16(19-21-20(27-21)18(15)26-19)13-28(24,25)12-14-8-4-3-5-9-14/h1,3-6,8-9,15-16,18-21H,2,7,10-13H2,(H,22,23)/t15-,16+,18+,19-,20-,21+/m0/s1. The van der Waals surface area contributed by atoms with Crippen LogP contribution in [-0.2, 0) is 29.9 Å². The molecule has 0 spiro atoms. The van der Waals surface area contributed by atoms with E-state index in [1.54, 1.807) is 0 Å². The van der Waals surface area contributed by atoms with Gasteiger partial charge in [-0.05, 0) is 30.7 Å². The second-order valence-electron chi connectivity index (χ2n) is 7.99. The summed E-state index contributed by atoms with van der Waals surface area (Å²) < 4.78 is 37.4. The highest BCUT2D eigenvalue weighted by molar-refractivity contribution is 7.90. The summed E-state index contributed by atoms with van der Waals surface area (Å²) >= 11 is 0. The van der Waals surface area contributed by atoms with Crippen LogP contribution in [-0.4, -0.2) is 49.7 Å². The first-order valence-corrected chi connectivity index (χ1v) is 11.7. The molecule has 0 saturated carbocycles. The van der Waals surface area contributed by atoms with Crippen LogP contribution in [0.2, 0.25) is 0 Å². The number of fused-ring (bicyclic) bond motifs is 5. The van der Waals surface area contributed by atoms with Crippen molar-refractivity contribution in [2.45, 2.75) is 55.9 Å². The molecule has 0 unspecified atom stereocenters. The monoisotopic (exact) mass is 406 g/mol. The summed E-state index contributed by atoms with van der Waals surface area (Å²) in [5, 5.41) is 8.69. The number of ether oxygens (including phenoxy) is 2. The second-order valence-corrected chi connectivity index (χ2v) is 10.1. The van der Waals surface area contributed by atoms with E-state index in [0.717, 1.165) is 12.0 Å². The number of rotatable bonds is 10. The average molecular weight is 407 g/mol. The molecule has 3 aliphatic heterocycles. The third-order valence-corrected chi connectivity index (χ3v) is 7.60. The highest BCUT2D eigenvalue weighted by atomic mass is 32.2. The van der Waals surface area contributed by atoms with Gasteiger partial charge in [0.25, 0.3) is 0 Å². The molecular formula is C21H26O6S. The lowest BCUT2D eigenvalue weighted by Gasteiger charge is -2.25. The van der Waals surface area contributed by atoms with Gasteiger partial charge in [-0.3, -0.25) is 4.79 Å². The maximum Gasteiger partial charge on any atom is 0.303 e. The zero-order valence-corrected chi connectivity index (χ0v) is 16.5. The van der Waals surface area contributed by atoms with Crippen LogP contribution in [0.1, 0.15) is 31.2 Å². The van der Waals surface area contributed by atoms with Gasteiger partial charge in [0.15, 0.2) is 9.84 Å². The van der Waals surface area contributed by atoms with E-state index in [2.05, 4.69) is 0 Å². The molecule has 0 aliphatic carbocycles. The van der Waals surface area contributed by atoms with E-state index in [1.165, 1.54) is 0 Å². The van der Waals surface area contributed by atoms with Crippen LogP contribution in [0.3, 0.4) is 0 Å². The Morgan fingerprint density at radius 2 is 1.68 bits per heavy atom. The Labute approximate surface area is 165 Å². The van der Waals surface area contributed by atoms with Crippen LogP contribution in [0.4, 0.5) is 0 Å². The number of allylic oxidation sites excluding steroid dienone is 2. The molecule has 1 aromatic carbocycles. The van der Waals surface area contributed by atoms with Crippen molar-refractivity contribution in [1.82, 2.24) is 0 Å². The summed E-state index contributed by atoms with van der Waals surface area (Å²) in [5.41, 5.74) is 0.807. The number of sulfone groups is 1. The Balaban J connectivity index is 1.37. The van der Waals surface area contributed by atoms with Crippen molar-refractivity contribution in [2.75, 3.05) is 5.75 Å². The third-order valence-electron chi connectivity index (χ3n) is 5.93. The average Bonchev–Trinajstić information content (AvgIpc) is 3.27. The number of benzene rings is 1. The van der Waals surface area contributed by atoms with Crippen molar-refractivity contribution in [2.24, 2.45) is 11.8 Å². The number of carboxylic acid groups (broad SMARTS) is 1. The molecule has 3 saturated heterocycles. The fourth-order valence-electron chi connectivity index (χ4n) is 4.63. The Kier molecular flexibility index (Phi) is 5.58. The van der Waals surface area contributed by atoms with E-state index >= 15 is 0 Å². The van der Waals surface area contributed by atoms with Crippen molar-refractivity contribution in [3.63, 3.8) is 0 Å². The van der Waals surface area contributed by atoms with E-state index in [0.29, 0.717) is 12.8 Å². The van der Waals surface area contributed by atoms with Gasteiger partial charge in [-0.25, -0.2) is 8.42 Å². The van der Waals surface area contributed by atoms with E-state index in [4.69, 9.17) is 14.6 Å². The van der Waals surface area contributed by atoms with Crippen LogP contribution >= 0.6 is 0 Å². The van der Waals surface area contributed by atoms with Crippen molar-refractivity contribution in [3.05, 3.63) is 48.0 Å². The summed E-state index contributed by atoms with van der Waals surface area (Å²) in [4.78, 5) is 10.6. The lowest BCUT2D eigenvalue weighted by Crippen LogP contribution is -2.37. The van der Waals surface area contributed by atoms with Gasteiger partial charge < -0.3 is 14.6 Å². The van der Waals surface area contributed by atoms with Crippen LogP contribution in [0.5, 0.6) is 0 Å². The number of epoxide rings is 1. The van der Waals surface area contributed by atoms with Crippen LogP contribution < -0.4 is 0 Å². The molecule has 7 heteroatoms. The lowest BCUT2D eigenvalue weighted by molar-refractivity contribution is -0.137. The Bertz CT molecular complexity index is 834. The first-order chi connectivity index (χ1) is 13.4. The zero-order chi connectivity index (χ0) is 19.7. The maximum absolute atomic E-state index is 12.8. The molecule has 1 aromatic rings. The topological polar surface area (TPSA) is 93.2 Å². The highest BCUT2D eigenvalue weighted by Gasteiger charge is 2.68. The van der Waals surface area contributed by atoms with E-state index in [9.17, 15) is 13.2 Å². The van der Waals surface area contributed by atoms with Gasteiger partial charge in [0.1, 0.15) is 12.2 Å². The number of hydrogen-bond acceptors (Lipinski definition) is 5. The number of hydrogen-bond donors (Lipinski definition) is 1. The Morgan fingerprint density at radius 3 is 2.39 bits per heavy atom. The number of aliphatic carboxylic acids is 1. The molecule has 3 fully saturated rings. The molecule has 2 bridgehead atoms. The molecule has 3 aliphatic rings. The van der Waals surface area contributed by atoms with Gasteiger partial charge in [-0.15, -0.1) is 0 Å². The summed E-state index contributed by atoms with van der Waals surface area (Å²) in [6.45, 7) is 0. The number of unbranched alkanes of at least 4 members (excludes halogenated alkanes) is 1. The van der Waals surface area contributed by atoms with Gasteiger partial charge in [-0.1, -0.05) is 42.5 Å². The van der Waals surface area contributed by atoms with Gasteiger partial charge in [0.05, 0.1) is 23.7 Å². The van der Waals surface area contributed by atoms with Crippen molar-refractivity contribution in [3.8, 4) is 0 Å². The van der Waals surface area contributed by atoms with Gasteiger partial charge in [0, 0.05) is 12.3 Å². The minimum Gasteiger partial charge on any atom is -0.481 e. The molecule has 28 heavy (non-hydrogen) atoms. The Morgan fingerprint density at radius 1 is 1.00 bits per heavy atom. The molecule has 6 nitrogen and oxygen atoms in total. The second kappa shape index (κ2) is 7.97. The molecule has 152 valence electrons. The maximum atomic E-state index is 12.8. The summed E-state index contributed by atoms with van der Waals surface area (Å²) in [5.74, 6) is -0.529. The van der Waals surface area contributed by atoms with Crippen LogP contribution in [0.15, 0.2) is 42.5 Å². The fourth-order valence-corrected chi connectivity index (χ4v) is 6.47. The minimum atomic E-state index is -3.25. The van der Waals surface area contributed by atoms with Gasteiger partial charge >= 0.3 is 5.97 Å². The first-order valence-electron chi connectivity index (χ1n) is 9.87. The van der Waals surface area contributed by atoms with Crippen LogP contribution in [0.25, 0.3) is 0 Å². The van der Waals surface area contributed by atoms with E-state index in [-0.39, 0.29) is 54.2 Å². The van der Waals surface area contributed by atoms with Crippen molar-refractivity contribution < 1.29 is 27.8 Å². The molecule has 0 radical (unpaired) electrons. The normalized spacial score (nSPS) is 33.3. The SMILES string of the molecule is O=C(O)CCCC=CC[C@H]1[C@@H](CS(=O)(=O)Cc2ccccc2)[C@@H]2O[C@H]1[C@@H]1O[C@@H]12. The molecule has 6 atom stereocenters. The fraction of sp³-hybridized carbons (Fsp3) is 0.571. The number of carbonyl (C=O) groups is 1. The smallest absolute Gasteiger partial charge is 0.303 e. The molecule has 3 heterocycles. The zero-order valence-electron chi connectivity index (χ0n) is 15.6. The predicted molar refractivity (Wildman–Crippen MR) is 103 cm³/mol. The first kappa shape index (κ1) is 19.6. The summed E-state index contributed by atoms with van der Waals surface area (Å²) in [6, 6.07) is 9.26. The van der Waals surface area contributed by atoms with E-state index < -0.39 is 15.8 Å². The minimum absolute atomic E-state index is 0.0180. The predicted octanol–water partition coefficient (Wildman–Crippen LogP) is 2.58. The molecule has 4 rings (SSSR count). The molecular weight excluding hydrogens is 380 g/mol. The number of carboxylic acids is 1. The van der Waals surface area contributed by atoms with Crippen molar-refractivity contribution >= 4 is 15.8 Å². The largest absolute Gasteiger partial charge is 0.481 e. The highest BCUT2D eigenvalue weighted by Crippen LogP contribution is 2.55. The quantitative estimate of drug-likeness (QED) is 0.365. The summed E-state index contributed by atoms with van der Waals surface area (Å²) in [6.07, 6.45) is 6.34. The summed E-state index contributed by atoms with van der Waals surface area (Å²) in [7, 11) is -3.25. The Hall–Kier alpha value is -1.70. The van der Waals surface area contributed by atoms with E-state index in [1.807, 2.05) is 42.5 Å². The molecule has 0 amide bonds. The molecule has 0 aromatic heterocycles. The van der Waals surface area contributed by atoms with Crippen molar-refractivity contribution in [1.29, 1.82) is 0 Å². The lowest BCUT2D eigenvalue weighted by atomic mass is 9.78. The van der Waals surface area contributed by atoms with Crippen LogP contribution in [0, 0.1) is 11.8 Å².